The number of nitrogens with zero attached hydrogens (tertiary/aromatic N) is 2. The Morgan fingerprint density at radius 2 is 1.65 bits per heavy atom. The molecule has 7 heteroatoms. The van der Waals surface area contributed by atoms with Crippen LogP contribution in [0.5, 0.6) is 0 Å². The number of piperidine rings is 2. The van der Waals surface area contributed by atoms with Crippen LogP contribution in [0.1, 0.15) is 36.0 Å². The fraction of sp³-hybridized carbons (Fsp3) is 0.526. The molecule has 0 aliphatic carbocycles. The molecular weight excluding hydrogens is 339 g/mol. The topological polar surface area (TPSA) is 77.9 Å². The van der Waals surface area contributed by atoms with Crippen molar-refractivity contribution < 1.29 is 23.9 Å². The molecule has 2 heterocycles. The van der Waals surface area contributed by atoms with Gasteiger partial charge in [0.25, 0.3) is 5.91 Å². The van der Waals surface area contributed by atoms with Gasteiger partial charge in [-0.2, -0.15) is 0 Å². The molecule has 1 atom stereocenters. The molecule has 2 amide bonds. The standard InChI is InChI=1S/C19H23FN2O4/c20-16-6-2-1-5-15(16)18(24)21-10-7-13(8-11-21)17(23)22-9-3-4-14(12-22)19(25)26/h1-2,5-6,13-14H,3-4,7-12H2,(H,25,26)/t14-/m1/s1. The Balaban J connectivity index is 1.56. The smallest absolute Gasteiger partial charge is 0.308 e. The number of likely N-dealkylation sites (tertiary alicyclic amines) is 2. The fourth-order valence-electron chi connectivity index (χ4n) is 3.77. The summed E-state index contributed by atoms with van der Waals surface area (Å²) in [5, 5.41) is 9.16. The fourth-order valence-corrected chi connectivity index (χ4v) is 3.77. The van der Waals surface area contributed by atoms with E-state index in [1.165, 1.54) is 12.1 Å². The van der Waals surface area contributed by atoms with E-state index >= 15 is 0 Å². The van der Waals surface area contributed by atoms with Gasteiger partial charge in [0, 0.05) is 32.1 Å². The molecule has 140 valence electrons. The highest BCUT2D eigenvalue weighted by molar-refractivity contribution is 5.94. The second-order valence-electron chi connectivity index (χ2n) is 7.01. The quantitative estimate of drug-likeness (QED) is 0.892. The van der Waals surface area contributed by atoms with Gasteiger partial charge >= 0.3 is 5.97 Å². The maximum atomic E-state index is 13.8. The van der Waals surface area contributed by atoms with E-state index in [0.29, 0.717) is 45.3 Å². The van der Waals surface area contributed by atoms with Crippen LogP contribution in [0.25, 0.3) is 0 Å². The van der Waals surface area contributed by atoms with Crippen LogP contribution in [0.3, 0.4) is 0 Å². The van der Waals surface area contributed by atoms with Gasteiger partial charge in [-0.05, 0) is 37.8 Å². The Kier molecular flexibility index (Phi) is 5.54. The summed E-state index contributed by atoms with van der Waals surface area (Å²) in [6.07, 6.45) is 2.35. The third kappa shape index (κ3) is 3.86. The van der Waals surface area contributed by atoms with E-state index in [4.69, 9.17) is 5.11 Å². The number of rotatable bonds is 3. The zero-order valence-electron chi connectivity index (χ0n) is 14.6. The van der Waals surface area contributed by atoms with Gasteiger partial charge in [-0.25, -0.2) is 4.39 Å². The van der Waals surface area contributed by atoms with Gasteiger partial charge in [-0.3, -0.25) is 14.4 Å². The minimum Gasteiger partial charge on any atom is -0.481 e. The molecule has 0 unspecified atom stereocenters. The summed E-state index contributed by atoms with van der Waals surface area (Å²) in [5.74, 6) is -2.45. The highest BCUT2D eigenvalue weighted by atomic mass is 19.1. The van der Waals surface area contributed by atoms with Crippen molar-refractivity contribution in [1.29, 1.82) is 0 Å². The molecule has 2 aliphatic heterocycles. The highest BCUT2D eigenvalue weighted by Gasteiger charge is 2.34. The molecule has 3 rings (SSSR count). The largest absolute Gasteiger partial charge is 0.481 e. The van der Waals surface area contributed by atoms with Crippen molar-refractivity contribution in [1.82, 2.24) is 9.80 Å². The van der Waals surface area contributed by atoms with Crippen LogP contribution in [0.15, 0.2) is 24.3 Å². The molecule has 0 spiro atoms. The van der Waals surface area contributed by atoms with Gasteiger partial charge in [-0.15, -0.1) is 0 Å². The minimum absolute atomic E-state index is 0.0195. The molecule has 0 bridgehead atoms. The first-order valence-electron chi connectivity index (χ1n) is 9.02. The summed E-state index contributed by atoms with van der Waals surface area (Å²) >= 11 is 0. The number of carbonyl (C=O) groups is 3. The molecule has 0 aromatic heterocycles. The molecule has 26 heavy (non-hydrogen) atoms. The molecule has 6 nitrogen and oxygen atoms in total. The molecule has 0 radical (unpaired) electrons. The Labute approximate surface area is 151 Å². The average molecular weight is 362 g/mol. The maximum absolute atomic E-state index is 13.8. The number of carboxylic acids is 1. The number of aliphatic carboxylic acids is 1. The monoisotopic (exact) mass is 362 g/mol. The van der Waals surface area contributed by atoms with Crippen molar-refractivity contribution in [2.24, 2.45) is 11.8 Å². The lowest BCUT2D eigenvalue weighted by atomic mass is 9.92. The van der Waals surface area contributed by atoms with Crippen molar-refractivity contribution >= 4 is 17.8 Å². The number of amides is 2. The van der Waals surface area contributed by atoms with Crippen LogP contribution < -0.4 is 0 Å². The number of halogens is 1. The van der Waals surface area contributed by atoms with E-state index in [-0.39, 0.29) is 29.8 Å². The molecular formula is C19H23FN2O4. The van der Waals surface area contributed by atoms with Crippen molar-refractivity contribution in [3.63, 3.8) is 0 Å². The summed E-state index contributed by atoms with van der Waals surface area (Å²) in [7, 11) is 0. The van der Waals surface area contributed by atoms with Gasteiger partial charge in [0.1, 0.15) is 5.82 Å². The molecule has 0 saturated carbocycles. The van der Waals surface area contributed by atoms with Gasteiger partial charge in [-0.1, -0.05) is 12.1 Å². The highest BCUT2D eigenvalue weighted by Crippen LogP contribution is 2.25. The normalized spacial score (nSPS) is 21.5. The van der Waals surface area contributed by atoms with E-state index < -0.39 is 17.7 Å². The summed E-state index contributed by atoms with van der Waals surface area (Å²) in [5.41, 5.74) is 0.0533. The number of hydrogen-bond donors (Lipinski definition) is 1. The molecule has 1 aromatic carbocycles. The minimum atomic E-state index is -0.854. The number of benzene rings is 1. The van der Waals surface area contributed by atoms with Crippen LogP contribution in [0, 0.1) is 17.7 Å². The third-order valence-electron chi connectivity index (χ3n) is 5.32. The van der Waals surface area contributed by atoms with Gasteiger partial charge in [0.2, 0.25) is 5.91 Å². The number of carbonyl (C=O) groups excluding carboxylic acids is 2. The predicted molar refractivity (Wildman–Crippen MR) is 92.0 cm³/mol. The van der Waals surface area contributed by atoms with Gasteiger partial charge < -0.3 is 14.9 Å². The molecule has 2 saturated heterocycles. The average Bonchev–Trinajstić information content (AvgIpc) is 2.67. The van der Waals surface area contributed by atoms with Gasteiger partial charge in [0.05, 0.1) is 11.5 Å². The van der Waals surface area contributed by atoms with E-state index in [1.54, 1.807) is 21.9 Å². The number of hydrogen-bond acceptors (Lipinski definition) is 3. The summed E-state index contributed by atoms with van der Waals surface area (Å²) in [6, 6.07) is 5.90. The third-order valence-corrected chi connectivity index (χ3v) is 5.32. The lowest BCUT2D eigenvalue weighted by Gasteiger charge is -2.37. The molecule has 1 aromatic rings. The first-order chi connectivity index (χ1) is 12.5. The van der Waals surface area contributed by atoms with Crippen LogP contribution in [0.4, 0.5) is 4.39 Å². The Morgan fingerprint density at radius 3 is 2.31 bits per heavy atom. The summed E-state index contributed by atoms with van der Waals surface area (Å²) < 4.78 is 13.8. The first-order valence-corrected chi connectivity index (χ1v) is 9.02. The lowest BCUT2D eigenvalue weighted by Crippen LogP contribution is -2.48. The zero-order valence-corrected chi connectivity index (χ0v) is 14.6. The second-order valence-corrected chi connectivity index (χ2v) is 7.01. The second kappa shape index (κ2) is 7.85. The Bertz CT molecular complexity index is 701. The molecule has 2 aliphatic rings. The Morgan fingerprint density at radius 1 is 0.962 bits per heavy atom. The van der Waals surface area contributed by atoms with Crippen molar-refractivity contribution in [2.75, 3.05) is 26.2 Å². The van der Waals surface area contributed by atoms with Crippen molar-refractivity contribution in [3.8, 4) is 0 Å². The SMILES string of the molecule is O=C(O)[C@@H]1CCCN(C(=O)C2CCN(C(=O)c3ccccc3F)CC2)C1. The summed E-state index contributed by atoms with van der Waals surface area (Å²) in [6.45, 7) is 1.67. The molecule has 2 fully saturated rings. The zero-order chi connectivity index (χ0) is 18.7. The molecule has 1 N–H and O–H groups in total. The van der Waals surface area contributed by atoms with E-state index in [1.807, 2.05) is 0 Å². The predicted octanol–water partition coefficient (Wildman–Crippen LogP) is 2.00. The van der Waals surface area contributed by atoms with Crippen LogP contribution >= 0.6 is 0 Å². The van der Waals surface area contributed by atoms with Crippen LogP contribution in [0.2, 0.25) is 0 Å². The van der Waals surface area contributed by atoms with Crippen molar-refractivity contribution in [2.45, 2.75) is 25.7 Å². The van der Waals surface area contributed by atoms with E-state index in [9.17, 15) is 18.8 Å². The summed E-state index contributed by atoms with van der Waals surface area (Å²) in [4.78, 5) is 39.5. The van der Waals surface area contributed by atoms with Gasteiger partial charge in [0.15, 0.2) is 0 Å². The van der Waals surface area contributed by atoms with Crippen LogP contribution in [-0.4, -0.2) is 58.9 Å². The maximum Gasteiger partial charge on any atom is 0.308 e. The first kappa shape index (κ1) is 18.4. The lowest BCUT2D eigenvalue weighted by molar-refractivity contribution is -0.147. The Hall–Kier alpha value is -2.44. The van der Waals surface area contributed by atoms with E-state index in [2.05, 4.69) is 0 Å². The number of carboxylic acid groups (broad SMARTS) is 1. The van der Waals surface area contributed by atoms with E-state index in [0.717, 1.165) is 0 Å². The van der Waals surface area contributed by atoms with Crippen LogP contribution in [-0.2, 0) is 9.59 Å². The van der Waals surface area contributed by atoms with Crippen molar-refractivity contribution in [3.05, 3.63) is 35.6 Å².